The zero-order valence-corrected chi connectivity index (χ0v) is 13.8. The van der Waals surface area contributed by atoms with Crippen molar-refractivity contribution in [3.8, 4) is 0 Å². The molecule has 0 aromatic heterocycles. The third kappa shape index (κ3) is 3.89. The van der Waals surface area contributed by atoms with Gasteiger partial charge in [0.1, 0.15) is 0 Å². The molecule has 126 valence electrons. The molecule has 2 amide bonds. The molecule has 0 spiro atoms. The molecule has 1 aromatic carbocycles. The maximum absolute atomic E-state index is 12.8. The van der Waals surface area contributed by atoms with Gasteiger partial charge in [-0.15, -0.1) is 0 Å². The van der Waals surface area contributed by atoms with E-state index in [9.17, 15) is 9.59 Å². The molecule has 0 aliphatic carbocycles. The van der Waals surface area contributed by atoms with Gasteiger partial charge in [0, 0.05) is 46.0 Å². The van der Waals surface area contributed by atoms with Gasteiger partial charge in [0.2, 0.25) is 5.91 Å². The summed E-state index contributed by atoms with van der Waals surface area (Å²) in [5, 5.41) is 2.59. The van der Waals surface area contributed by atoms with Crippen molar-refractivity contribution in [2.45, 2.75) is 19.4 Å². The Labute approximate surface area is 137 Å². The van der Waals surface area contributed by atoms with Crippen molar-refractivity contribution < 1.29 is 14.3 Å². The second-order valence-corrected chi connectivity index (χ2v) is 6.03. The quantitative estimate of drug-likeness (QED) is 0.839. The fourth-order valence-electron chi connectivity index (χ4n) is 2.92. The predicted molar refractivity (Wildman–Crippen MR) is 87.8 cm³/mol. The van der Waals surface area contributed by atoms with Crippen LogP contribution in [0.3, 0.4) is 0 Å². The fraction of sp³-hybridized carbons (Fsp3) is 0.529. The van der Waals surface area contributed by atoms with Crippen LogP contribution in [0, 0.1) is 5.41 Å². The van der Waals surface area contributed by atoms with Crippen LogP contribution < -0.4 is 11.1 Å². The van der Waals surface area contributed by atoms with Gasteiger partial charge in [0.15, 0.2) is 0 Å². The fourth-order valence-corrected chi connectivity index (χ4v) is 2.92. The molecular formula is C17H25N3O3. The second kappa shape index (κ2) is 7.57. The van der Waals surface area contributed by atoms with Gasteiger partial charge < -0.3 is 20.7 Å². The number of hydrogen-bond donors (Lipinski definition) is 2. The first-order valence-electron chi connectivity index (χ1n) is 7.87. The van der Waals surface area contributed by atoms with E-state index >= 15 is 0 Å². The molecule has 1 saturated heterocycles. The summed E-state index contributed by atoms with van der Waals surface area (Å²) in [6.07, 6.45) is 1.34. The van der Waals surface area contributed by atoms with Crippen molar-refractivity contribution in [3.63, 3.8) is 0 Å². The van der Waals surface area contributed by atoms with E-state index < -0.39 is 5.41 Å². The molecule has 1 aliphatic rings. The number of benzene rings is 1. The highest BCUT2D eigenvalue weighted by Gasteiger charge is 2.40. The predicted octanol–water partition coefficient (Wildman–Crippen LogP) is 0.760. The lowest BCUT2D eigenvalue weighted by Crippen LogP contribution is -2.49. The smallest absolute Gasteiger partial charge is 0.251 e. The molecule has 1 fully saturated rings. The maximum Gasteiger partial charge on any atom is 0.251 e. The third-order valence-corrected chi connectivity index (χ3v) is 4.50. The zero-order chi connectivity index (χ0) is 16.9. The molecule has 1 aromatic rings. The molecule has 6 nitrogen and oxygen atoms in total. The van der Waals surface area contributed by atoms with Gasteiger partial charge in [0.25, 0.3) is 5.91 Å². The molecule has 1 aliphatic heterocycles. The SMILES string of the molecule is CNC(=O)c1ccc(CN(C)C(=O)C2(CN)CCOCC2)cc1. The van der Waals surface area contributed by atoms with E-state index in [1.807, 2.05) is 12.1 Å². The van der Waals surface area contributed by atoms with E-state index in [-0.39, 0.29) is 11.8 Å². The number of carbonyl (C=O) groups excluding carboxylic acids is 2. The number of nitrogens with two attached hydrogens (primary N) is 1. The average molecular weight is 319 g/mol. The largest absolute Gasteiger partial charge is 0.381 e. The highest BCUT2D eigenvalue weighted by molar-refractivity contribution is 5.93. The summed E-state index contributed by atoms with van der Waals surface area (Å²) in [4.78, 5) is 26.1. The van der Waals surface area contributed by atoms with E-state index in [4.69, 9.17) is 10.5 Å². The summed E-state index contributed by atoms with van der Waals surface area (Å²) in [5.41, 5.74) is 6.97. The molecule has 0 radical (unpaired) electrons. The molecule has 2 rings (SSSR count). The van der Waals surface area contributed by atoms with Gasteiger partial charge in [-0.3, -0.25) is 9.59 Å². The molecule has 6 heteroatoms. The number of amides is 2. The molecule has 0 unspecified atom stereocenters. The Morgan fingerprint density at radius 1 is 1.26 bits per heavy atom. The van der Waals surface area contributed by atoms with Gasteiger partial charge in [-0.2, -0.15) is 0 Å². The van der Waals surface area contributed by atoms with Crippen LogP contribution in [0.4, 0.5) is 0 Å². The van der Waals surface area contributed by atoms with E-state index in [0.29, 0.717) is 44.7 Å². The second-order valence-electron chi connectivity index (χ2n) is 6.03. The minimum Gasteiger partial charge on any atom is -0.381 e. The Morgan fingerprint density at radius 2 is 1.87 bits per heavy atom. The number of nitrogens with zero attached hydrogens (tertiary/aromatic N) is 1. The molecule has 0 saturated carbocycles. The lowest BCUT2D eigenvalue weighted by atomic mass is 9.79. The third-order valence-electron chi connectivity index (χ3n) is 4.50. The molecule has 0 bridgehead atoms. The molecular weight excluding hydrogens is 294 g/mol. The van der Waals surface area contributed by atoms with Gasteiger partial charge >= 0.3 is 0 Å². The van der Waals surface area contributed by atoms with E-state index in [2.05, 4.69) is 5.32 Å². The van der Waals surface area contributed by atoms with Crippen molar-refractivity contribution in [3.05, 3.63) is 35.4 Å². The van der Waals surface area contributed by atoms with Crippen molar-refractivity contribution in [2.75, 3.05) is 33.9 Å². The summed E-state index contributed by atoms with van der Waals surface area (Å²) in [5.74, 6) is -0.0519. The standard InChI is InChI=1S/C17H25N3O3/c1-19-15(21)14-5-3-13(4-6-14)11-20(2)16(22)17(12-18)7-9-23-10-8-17/h3-6H,7-12,18H2,1-2H3,(H,19,21). The molecule has 23 heavy (non-hydrogen) atoms. The van der Waals surface area contributed by atoms with Crippen LogP contribution in [0.2, 0.25) is 0 Å². The summed E-state index contributed by atoms with van der Waals surface area (Å²) in [7, 11) is 3.39. The molecule has 3 N–H and O–H groups in total. The minimum absolute atomic E-state index is 0.0682. The van der Waals surface area contributed by atoms with Crippen LogP contribution in [-0.2, 0) is 16.1 Å². The number of ether oxygens (including phenoxy) is 1. The van der Waals surface area contributed by atoms with Gasteiger partial charge in [0.05, 0.1) is 5.41 Å². The summed E-state index contributed by atoms with van der Waals surface area (Å²) in [6.45, 7) is 2.00. The van der Waals surface area contributed by atoms with Gasteiger partial charge in [-0.05, 0) is 30.5 Å². The van der Waals surface area contributed by atoms with E-state index in [0.717, 1.165) is 5.56 Å². The van der Waals surface area contributed by atoms with Crippen LogP contribution in [0.25, 0.3) is 0 Å². The van der Waals surface area contributed by atoms with Crippen LogP contribution in [-0.4, -0.2) is 50.6 Å². The molecule has 1 heterocycles. The van der Waals surface area contributed by atoms with Crippen LogP contribution in [0.15, 0.2) is 24.3 Å². The van der Waals surface area contributed by atoms with Crippen LogP contribution >= 0.6 is 0 Å². The van der Waals surface area contributed by atoms with Gasteiger partial charge in [-0.1, -0.05) is 12.1 Å². The van der Waals surface area contributed by atoms with Gasteiger partial charge in [-0.25, -0.2) is 0 Å². The van der Waals surface area contributed by atoms with Crippen LogP contribution in [0.5, 0.6) is 0 Å². The monoisotopic (exact) mass is 319 g/mol. The zero-order valence-electron chi connectivity index (χ0n) is 13.8. The Kier molecular flexibility index (Phi) is 5.74. The first-order valence-corrected chi connectivity index (χ1v) is 7.87. The molecule has 0 atom stereocenters. The maximum atomic E-state index is 12.8. The summed E-state index contributed by atoms with van der Waals surface area (Å²) in [6, 6.07) is 7.26. The number of carbonyl (C=O) groups is 2. The Morgan fingerprint density at radius 3 is 2.39 bits per heavy atom. The normalized spacial score (nSPS) is 16.7. The van der Waals surface area contributed by atoms with E-state index in [1.54, 1.807) is 31.1 Å². The van der Waals surface area contributed by atoms with E-state index in [1.165, 1.54) is 0 Å². The lowest BCUT2D eigenvalue weighted by Gasteiger charge is -2.37. The Bertz CT molecular complexity index is 551. The number of hydrogen-bond acceptors (Lipinski definition) is 4. The topological polar surface area (TPSA) is 84.7 Å². The summed E-state index contributed by atoms with van der Waals surface area (Å²) >= 11 is 0. The summed E-state index contributed by atoms with van der Waals surface area (Å²) < 4.78 is 5.36. The first kappa shape index (κ1) is 17.4. The lowest BCUT2D eigenvalue weighted by molar-refractivity contribution is -0.146. The number of nitrogens with one attached hydrogen (secondary N) is 1. The highest BCUT2D eigenvalue weighted by Crippen LogP contribution is 2.31. The van der Waals surface area contributed by atoms with Crippen molar-refractivity contribution >= 4 is 11.8 Å². The van der Waals surface area contributed by atoms with Crippen molar-refractivity contribution in [1.82, 2.24) is 10.2 Å². The van der Waals surface area contributed by atoms with Crippen molar-refractivity contribution in [1.29, 1.82) is 0 Å². The first-order chi connectivity index (χ1) is 11.0. The average Bonchev–Trinajstić information content (AvgIpc) is 2.61. The Balaban J connectivity index is 2.04. The highest BCUT2D eigenvalue weighted by atomic mass is 16.5. The van der Waals surface area contributed by atoms with Crippen molar-refractivity contribution in [2.24, 2.45) is 11.1 Å². The minimum atomic E-state index is -0.505. The van der Waals surface area contributed by atoms with Crippen LogP contribution in [0.1, 0.15) is 28.8 Å². The Hall–Kier alpha value is -1.92. The number of rotatable bonds is 5.